The Morgan fingerprint density at radius 3 is 2.46 bits per heavy atom. The van der Waals surface area contributed by atoms with Crippen LogP contribution in [-0.2, 0) is 13.0 Å². The highest BCUT2D eigenvalue weighted by Crippen LogP contribution is 2.34. The molecule has 0 fully saturated rings. The minimum Gasteiger partial charge on any atom is -0.493 e. The number of nitro groups is 1. The third kappa shape index (κ3) is 3.78. The van der Waals surface area contributed by atoms with E-state index in [1.807, 2.05) is 0 Å². The minimum atomic E-state index is -0.455. The average molecular weight is 327 g/mol. The van der Waals surface area contributed by atoms with Crippen molar-refractivity contribution in [2.75, 3.05) is 7.11 Å². The standard InChI is InChI=1S/C18H17NO5/c1-3-4-16-14(11-20)7-10-17(23-2)18(16)24-12-13-5-8-15(9-6-13)19(21)22/h3,5-11H,1,4,12H2,2H3. The van der Waals surface area contributed by atoms with Crippen LogP contribution >= 0.6 is 0 Å². The number of benzene rings is 2. The van der Waals surface area contributed by atoms with Gasteiger partial charge in [-0.25, -0.2) is 0 Å². The van der Waals surface area contributed by atoms with Crippen molar-refractivity contribution in [3.05, 3.63) is 75.9 Å². The Morgan fingerprint density at radius 2 is 1.92 bits per heavy atom. The normalized spacial score (nSPS) is 10.0. The van der Waals surface area contributed by atoms with E-state index in [2.05, 4.69) is 6.58 Å². The van der Waals surface area contributed by atoms with Crippen LogP contribution in [-0.4, -0.2) is 18.3 Å². The van der Waals surface area contributed by atoms with Gasteiger partial charge in [0.15, 0.2) is 11.5 Å². The summed E-state index contributed by atoms with van der Waals surface area (Å²) in [5.41, 5.74) is 1.99. The second-order valence-electron chi connectivity index (χ2n) is 4.99. The summed E-state index contributed by atoms with van der Waals surface area (Å²) in [5, 5.41) is 10.7. The molecular formula is C18H17NO5. The number of rotatable bonds is 8. The van der Waals surface area contributed by atoms with E-state index in [4.69, 9.17) is 9.47 Å². The predicted molar refractivity (Wildman–Crippen MR) is 89.7 cm³/mol. The number of allylic oxidation sites excluding steroid dienone is 1. The smallest absolute Gasteiger partial charge is 0.269 e. The van der Waals surface area contributed by atoms with Crippen molar-refractivity contribution in [2.45, 2.75) is 13.0 Å². The van der Waals surface area contributed by atoms with Gasteiger partial charge in [0.1, 0.15) is 12.9 Å². The number of ether oxygens (including phenoxy) is 2. The van der Waals surface area contributed by atoms with Gasteiger partial charge in [0.2, 0.25) is 0 Å². The molecule has 2 aromatic carbocycles. The van der Waals surface area contributed by atoms with Crippen molar-refractivity contribution >= 4 is 12.0 Å². The van der Waals surface area contributed by atoms with Crippen molar-refractivity contribution in [3.8, 4) is 11.5 Å². The maximum atomic E-state index is 11.2. The Labute approximate surface area is 139 Å². The van der Waals surface area contributed by atoms with E-state index in [9.17, 15) is 14.9 Å². The lowest BCUT2D eigenvalue weighted by atomic mass is 10.0. The number of nitrogens with zero attached hydrogens (tertiary/aromatic N) is 1. The van der Waals surface area contributed by atoms with Gasteiger partial charge in [-0.2, -0.15) is 0 Å². The van der Waals surface area contributed by atoms with Crippen molar-refractivity contribution in [3.63, 3.8) is 0 Å². The molecule has 0 saturated heterocycles. The van der Waals surface area contributed by atoms with Gasteiger partial charge in [-0.1, -0.05) is 6.08 Å². The molecule has 2 rings (SSSR count). The predicted octanol–water partition coefficient (Wildman–Crippen LogP) is 3.72. The molecule has 0 saturated carbocycles. The van der Waals surface area contributed by atoms with Crippen molar-refractivity contribution in [2.24, 2.45) is 0 Å². The van der Waals surface area contributed by atoms with Crippen LogP contribution in [0, 0.1) is 10.1 Å². The molecule has 24 heavy (non-hydrogen) atoms. The number of non-ortho nitro benzene ring substituents is 1. The first kappa shape index (κ1) is 17.2. The topological polar surface area (TPSA) is 78.7 Å². The SMILES string of the molecule is C=CCc1c(C=O)ccc(OC)c1OCc1ccc([N+](=O)[O-])cc1. The van der Waals surface area contributed by atoms with Crippen LogP contribution < -0.4 is 9.47 Å². The highest BCUT2D eigenvalue weighted by molar-refractivity contribution is 5.80. The maximum absolute atomic E-state index is 11.2. The lowest BCUT2D eigenvalue weighted by Crippen LogP contribution is -2.03. The molecule has 0 radical (unpaired) electrons. The fourth-order valence-electron chi connectivity index (χ4n) is 2.28. The molecule has 0 bridgehead atoms. The van der Waals surface area contributed by atoms with Gasteiger partial charge in [-0.3, -0.25) is 14.9 Å². The molecule has 0 aliphatic heterocycles. The summed E-state index contributed by atoms with van der Waals surface area (Å²) < 4.78 is 11.1. The Morgan fingerprint density at radius 1 is 1.21 bits per heavy atom. The first-order chi connectivity index (χ1) is 11.6. The van der Waals surface area contributed by atoms with Crippen LogP contribution in [0.3, 0.4) is 0 Å². The van der Waals surface area contributed by atoms with Gasteiger partial charge in [-0.15, -0.1) is 6.58 Å². The Hall–Kier alpha value is -3.15. The molecule has 6 heteroatoms. The van der Waals surface area contributed by atoms with E-state index in [-0.39, 0.29) is 12.3 Å². The van der Waals surface area contributed by atoms with E-state index < -0.39 is 4.92 Å². The maximum Gasteiger partial charge on any atom is 0.269 e. The van der Waals surface area contributed by atoms with E-state index in [1.54, 1.807) is 30.3 Å². The molecule has 0 aromatic heterocycles. The van der Waals surface area contributed by atoms with Gasteiger partial charge in [0.25, 0.3) is 5.69 Å². The Bertz CT molecular complexity index is 753. The van der Waals surface area contributed by atoms with Crippen molar-refractivity contribution < 1.29 is 19.2 Å². The molecule has 0 unspecified atom stereocenters. The summed E-state index contributed by atoms with van der Waals surface area (Å²) >= 11 is 0. The number of carbonyl (C=O) groups is 1. The highest BCUT2D eigenvalue weighted by Gasteiger charge is 2.15. The molecule has 0 atom stereocenters. The van der Waals surface area contributed by atoms with Crippen molar-refractivity contribution in [1.82, 2.24) is 0 Å². The van der Waals surface area contributed by atoms with Crippen LogP contribution in [0.1, 0.15) is 21.5 Å². The monoisotopic (exact) mass is 327 g/mol. The minimum absolute atomic E-state index is 0.0200. The summed E-state index contributed by atoms with van der Waals surface area (Å²) in [5.74, 6) is 0.986. The molecule has 2 aromatic rings. The summed E-state index contributed by atoms with van der Waals surface area (Å²) in [7, 11) is 1.52. The van der Waals surface area contributed by atoms with Crippen LogP contribution in [0.2, 0.25) is 0 Å². The third-order valence-corrected chi connectivity index (χ3v) is 3.49. The lowest BCUT2D eigenvalue weighted by Gasteiger charge is -2.16. The lowest BCUT2D eigenvalue weighted by molar-refractivity contribution is -0.384. The van der Waals surface area contributed by atoms with E-state index in [0.717, 1.165) is 11.8 Å². The molecule has 0 spiro atoms. The van der Waals surface area contributed by atoms with Crippen LogP contribution in [0.5, 0.6) is 11.5 Å². The highest BCUT2D eigenvalue weighted by atomic mass is 16.6. The zero-order chi connectivity index (χ0) is 17.5. The average Bonchev–Trinajstić information content (AvgIpc) is 2.60. The first-order valence-corrected chi connectivity index (χ1v) is 7.22. The number of aldehydes is 1. The number of nitro benzene ring substituents is 1. The fourth-order valence-corrected chi connectivity index (χ4v) is 2.28. The molecule has 0 aliphatic carbocycles. The quantitative estimate of drug-likeness (QED) is 0.319. The molecule has 0 N–H and O–H groups in total. The summed E-state index contributed by atoms with van der Waals surface area (Å²) in [4.78, 5) is 21.5. The summed E-state index contributed by atoms with van der Waals surface area (Å²) in [6.45, 7) is 3.89. The first-order valence-electron chi connectivity index (χ1n) is 7.22. The molecule has 0 aliphatic rings. The molecule has 0 amide bonds. The molecule has 124 valence electrons. The van der Waals surface area contributed by atoms with Crippen LogP contribution in [0.15, 0.2) is 49.1 Å². The van der Waals surface area contributed by atoms with Gasteiger partial charge in [0.05, 0.1) is 12.0 Å². The van der Waals surface area contributed by atoms with Gasteiger partial charge >= 0.3 is 0 Å². The van der Waals surface area contributed by atoms with Crippen LogP contribution in [0.4, 0.5) is 5.69 Å². The third-order valence-electron chi connectivity index (χ3n) is 3.49. The largest absolute Gasteiger partial charge is 0.493 e. The van der Waals surface area contributed by atoms with E-state index >= 15 is 0 Å². The number of hydrogen-bond acceptors (Lipinski definition) is 5. The van der Waals surface area contributed by atoms with Gasteiger partial charge < -0.3 is 9.47 Å². The fraction of sp³-hybridized carbons (Fsp3) is 0.167. The Kier molecular flexibility index (Phi) is 5.68. The molecule has 6 nitrogen and oxygen atoms in total. The summed E-state index contributed by atoms with van der Waals surface area (Å²) in [6.07, 6.45) is 2.90. The van der Waals surface area contributed by atoms with E-state index in [0.29, 0.717) is 29.0 Å². The van der Waals surface area contributed by atoms with Crippen molar-refractivity contribution in [1.29, 1.82) is 0 Å². The zero-order valence-corrected chi connectivity index (χ0v) is 13.2. The number of carbonyl (C=O) groups excluding carboxylic acids is 1. The van der Waals surface area contributed by atoms with Gasteiger partial charge in [-0.05, 0) is 36.2 Å². The van der Waals surface area contributed by atoms with Crippen LogP contribution in [0.25, 0.3) is 0 Å². The Balaban J connectivity index is 2.28. The number of methoxy groups -OCH3 is 1. The van der Waals surface area contributed by atoms with E-state index in [1.165, 1.54) is 19.2 Å². The zero-order valence-electron chi connectivity index (χ0n) is 13.2. The number of hydrogen-bond donors (Lipinski definition) is 0. The van der Waals surface area contributed by atoms with Gasteiger partial charge in [0, 0.05) is 23.3 Å². The molecular weight excluding hydrogens is 310 g/mol. The second-order valence-corrected chi connectivity index (χ2v) is 4.99. The summed E-state index contributed by atoms with van der Waals surface area (Å²) in [6, 6.07) is 9.43. The molecule has 0 heterocycles. The second kappa shape index (κ2) is 7.92.